The van der Waals surface area contributed by atoms with Crippen molar-refractivity contribution in [2.45, 2.75) is 26.2 Å². The van der Waals surface area contributed by atoms with Crippen LogP contribution >= 0.6 is 0 Å². The van der Waals surface area contributed by atoms with Gasteiger partial charge in [0.05, 0.1) is 0 Å². The van der Waals surface area contributed by atoms with Crippen LogP contribution in [0.2, 0.25) is 0 Å². The van der Waals surface area contributed by atoms with E-state index in [0.717, 1.165) is 12.5 Å². The summed E-state index contributed by atoms with van der Waals surface area (Å²) in [6.07, 6.45) is 4.11. The van der Waals surface area contributed by atoms with E-state index in [1.165, 1.54) is 19.3 Å². The molecule has 0 atom stereocenters. The van der Waals surface area contributed by atoms with Gasteiger partial charge in [0.25, 0.3) is 0 Å². The maximum Gasteiger partial charge on any atom is 0.216 e. The highest BCUT2D eigenvalue weighted by molar-refractivity contribution is 5.72. The minimum absolute atomic E-state index is 0.115. The summed E-state index contributed by atoms with van der Waals surface area (Å²) in [6, 6.07) is 0. The molecule has 0 heterocycles. The topological polar surface area (TPSA) is 29.1 Å². The van der Waals surface area contributed by atoms with Crippen LogP contribution < -0.4 is 5.32 Å². The first-order valence-corrected chi connectivity index (χ1v) is 3.95. The normalized spacial score (nSPS) is 41.5. The summed E-state index contributed by atoms with van der Waals surface area (Å²) in [5, 5.41) is 2.89. The molecule has 0 aromatic heterocycles. The number of hydrogen-bond acceptors (Lipinski definition) is 1. The Balaban J connectivity index is 1.75. The Morgan fingerprint density at radius 2 is 2.20 bits per heavy atom. The summed E-state index contributed by atoms with van der Waals surface area (Å²) in [4.78, 5) is 10.5. The van der Waals surface area contributed by atoms with Gasteiger partial charge in [-0.05, 0) is 30.6 Å². The summed E-state index contributed by atoms with van der Waals surface area (Å²) < 4.78 is 0. The second-order valence-corrected chi connectivity index (χ2v) is 3.89. The summed E-state index contributed by atoms with van der Waals surface area (Å²) in [6.45, 7) is 2.52. The Labute approximate surface area is 61.0 Å². The third-order valence-corrected chi connectivity index (χ3v) is 2.88. The van der Waals surface area contributed by atoms with Crippen LogP contribution in [0.1, 0.15) is 26.2 Å². The van der Waals surface area contributed by atoms with Gasteiger partial charge in [0, 0.05) is 13.5 Å². The third kappa shape index (κ3) is 0.746. The lowest BCUT2D eigenvalue weighted by atomic mass is 9.44. The van der Waals surface area contributed by atoms with E-state index in [1.54, 1.807) is 6.92 Å². The fourth-order valence-electron chi connectivity index (χ4n) is 2.19. The van der Waals surface area contributed by atoms with E-state index in [0.29, 0.717) is 5.41 Å². The first-order chi connectivity index (χ1) is 4.70. The molecule has 2 nitrogen and oxygen atoms in total. The lowest BCUT2D eigenvalue weighted by molar-refractivity contribution is -0.127. The van der Waals surface area contributed by atoms with Gasteiger partial charge in [0.1, 0.15) is 0 Å². The zero-order valence-corrected chi connectivity index (χ0v) is 6.31. The van der Waals surface area contributed by atoms with Crippen LogP contribution in [0.15, 0.2) is 0 Å². The monoisotopic (exact) mass is 139 g/mol. The number of nitrogens with one attached hydrogen (secondary N) is 1. The molecule has 0 aromatic carbocycles. The third-order valence-electron chi connectivity index (χ3n) is 2.88. The standard InChI is InChI=1S/C8H13NO/c1-6(10)9-5-8-2-7(3-8)4-8/h7H,2-5H2,1H3,(H,9,10). The maximum atomic E-state index is 10.5. The van der Waals surface area contributed by atoms with Crippen molar-refractivity contribution >= 4 is 5.91 Å². The number of amides is 1. The number of rotatable bonds is 2. The minimum Gasteiger partial charge on any atom is -0.356 e. The van der Waals surface area contributed by atoms with E-state index in [9.17, 15) is 4.79 Å². The summed E-state index contributed by atoms with van der Waals surface area (Å²) >= 11 is 0. The molecular formula is C8H13NO. The van der Waals surface area contributed by atoms with Crippen LogP contribution in [0.4, 0.5) is 0 Å². The van der Waals surface area contributed by atoms with E-state index >= 15 is 0 Å². The van der Waals surface area contributed by atoms with E-state index < -0.39 is 0 Å². The zero-order valence-electron chi connectivity index (χ0n) is 6.31. The molecule has 0 spiro atoms. The SMILES string of the molecule is CC(=O)NCC12CC(C1)C2. The van der Waals surface area contributed by atoms with Crippen LogP contribution in [0.3, 0.4) is 0 Å². The lowest BCUT2D eigenvalue weighted by Gasteiger charge is -2.62. The molecular weight excluding hydrogens is 126 g/mol. The molecule has 0 unspecified atom stereocenters. The van der Waals surface area contributed by atoms with Crippen molar-refractivity contribution in [1.29, 1.82) is 0 Å². The van der Waals surface area contributed by atoms with E-state index in [4.69, 9.17) is 0 Å². The Bertz CT molecular complexity index is 159. The molecule has 0 radical (unpaired) electrons. The highest BCUT2D eigenvalue weighted by Gasteiger charge is 2.55. The van der Waals surface area contributed by atoms with Gasteiger partial charge in [-0.2, -0.15) is 0 Å². The second-order valence-electron chi connectivity index (χ2n) is 3.89. The van der Waals surface area contributed by atoms with Crippen LogP contribution in [-0.2, 0) is 4.79 Å². The minimum atomic E-state index is 0.115. The predicted molar refractivity (Wildman–Crippen MR) is 38.5 cm³/mol. The average Bonchev–Trinajstić information content (AvgIpc) is 1.56. The summed E-state index contributed by atoms with van der Waals surface area (Å²) in [5.74, 6) is 1.14. The largest absolute Gasteiger partial charge is 0.356 e. The van der Waals surface area contributed by atoms with Gasteiger partial charge >= 0.3 is 0 Å². The quantitative estimate of drug-likeness (QED) is 0.605. The van der Waals surface area contributed by atoms with Crippen molar-refractivity contribution in [1.82, 2.24) is 5.32 Å². The van der Waals surface area contributed by atoms with Crippen LogP contribution in [-0.4, -0.2) is 12.5 Å². The van der Waals surface area contributed by atoms with Crippen LogP contribution in [0.5, 0.6) is 0 Å². The molecule has 3 aliphatic carbocycles. The highest BCUT2D eigenvalue weighted by Crippen LogP contribution is 2.63. The maximum absolute atomic E-state index is 10.5. The van der Waals surface area contributed by atoms with Crippen LogP contribution in [0, 0.1) is 11.3 Å². The van der Waals surface area contributed by atoms with Crippen molar-refractivity contribution in [2.24, 2.45) is 11.3 Å². The Morgan fingerprint density at radius 3 is 2.50 bits per heavy atom. The van der Waals surface area contributed by atoms with Crippen LogP contribution in [0.25, 0.3) is 0 Å². The number of carbonyl (C=O) groups excluding carboxylic acids is 1. The molecule has 1 N–H and O–H groups in total. The average molecular weight is 139 g/mol. The molecule has 0 aromatic rings. The molecule has 0 saturated heterocycles. The molecule has 2 bridgehead atoms. The number of hydrogen-bond donors (Lipinski definition) is 1. The van der Waals surface area contributed by atoms with E-state index in [2.05, 4.69) is 5.32 Å². The van der Waals surface area contributed by atoms with Gasteiger partial charge in [0.15, 0.2) is 0 Å². The van der Waals surface area contributed by atoms with Gasteiger partial charge in [0.2, 0.25) is 5.91 Å². The fraction of sp³-hybridized carbons (Fsp3) is 0.875. The highest BCUT2D eigenvalue weighted by atomic mass is 16.1. The second kappa shape index (κ2) is 1.74. The number of carbonyl (C=O) groups is 1. The zero-order chi connectivity index (χ0) is 7.19. The first-order valence-electron chi connectivity index (χ1n) is 3.95. The molecule has 3 fully saturated rings. The lowest BCUT2D eigenvalue weighted by Crippen LogP contribution is -2.57. The Kier molecular flexibility index (Phi) is 1.08. The first kappa shape index (κ1) is 6.20. The Hall–Kier alpha value is -0.530. The molecule has 0 aliphatic heterocycles. The van der Waals surface area contributed by atoms with Gasteiger partial charge in [-0.15, -0.1) is 0 Å². The molecule has 3 saturated carbocycles. The molecule has 2 heteroatoms. The molecule has 56 valence electrons. The summed E-state index contributed by atoms with van der Waals surface area (Å²) in [7, 11) is 0. The fourth-order valence-corrected chi connectivity index (χ4v) is 2.19. The smallest absolute Gasteiger partial charge is 0.216 e. The van der Waals surface area contributed by atoms with Gasteiger partial charge in [-0.3, -0.25) is 4.79 Å². The van der Waals surface area contributed by atoms with Crippen molar-refractivity contribution < 1.29 is 4.79 Å². The van der Waals surface area contributed by atoms with Gasteiger partial charge in [-0.1, -0.05) is 0 Å². The van der Waals surface area contributed by atoms with Crippen molar-refractivity contribution in [2.75, 3.05) is 6.54 Å². The van der Waals surface area contributed by atoms with Gasteiger partial charge < -0.3 is 5.32 Å². The van der Waals surface area contributed by atoms with E-state index in [1.807, 2.05) is 0 Å². The molecule has 3 rings (SSSR count). The Morgan fingerprint density at radius 1 is 1.60 bits per heavy atom. The summed E-state index contributed by atoms with van der Waals surface area (Å²) in [5.41, 5.74) is 0.566. The predicted octanol–water partition coefficient (Wildman–Crippen LogP) is 0.923. The van der Waals surface area contributed by atoms with E-state index in [-0.39, 0.29) is 5.91 Å². The van der Waals surface area contributed by atoms with Gasteiger partial charge in [-0.25, -0.2) is 0 Å². The molecule has 1 amide bonds. The van der Waals surface area contributed by atoms with Crippen molar-refractivity contribution in [3.05, 3.63) is 0 Å². The molecule has 3 aliphatic rings. The van der Waals surface area contributed by atoms with Crippen molar-refractivity contribution in [3.63, 3.8) is 0 Å². The van der Waals surface area contributed by atoms with Crippen molar-refractivity contribution in [3.8, 4) is 0 Å². The molecule has 10 heavy (non-hydrogen) atoms.